The zero-order valence-electron chi connectivity index (χ0n) is 10.5. The van der Waals surface area contributed by atoms with Gasteiger partial charge in [0.2, 0.25) is 11.8 Å². The highest BCUT2D eigenvalue weighted by Crippen LogP contribution is 2.29. The zero-order chi connectivity index (χ0) is 13.6. The summed E-state index contributed by atoms with van der Waals surface area (Å²) in [5.41, 5.74) is -0.0724. The largest absolute Gasteiger partial charge is 0.292 e. The topological polar surface area (TPSA) is 46.2 Å². The summed E-state index contributed by atoms with van der Waals surface area (Å²) < 4.78 is 0. The molecule has 3 heteroatoms. The van der Waals surface area contributed by atoms with Gasteiger partial charge in [-0.15, -0.1) is 6.58 Å². The van der Waals surface area contributed by atoms with Gasteiger partial charge in [-0.05, 0) is 18.1 Å². The fourth-order valence-corrected chi connectivity index (χ4v) is 1.86. The smallest absolute Gasteiger partial charge is 0.249 e. The Morgan fingerprint density at radius 3 is 2.33 bits per heavy atom. The molecule has 0 bridgehead atoms. The van der Waals surface area contributed by atoms with Crippen molar-refractivity contribution in [3.05, 3.63) is 61.2 Å². The molecule has 0 aliphatic rings. The highest BCUT2D eigenvalue weighted by molar-refractivity contribution is 6.05. The van der Waals surface area contributed by atoms with Crippen molar-refractivity contribution in [3.63, 3.8) is 0 Å². The van der Waals surface area contributed by atoms with E-state index in [2.05, 4.69) is 18.5 Å². The van der Waals surface area contributed by atoms with Crippen molar-refractivity contribution in [1.29, 1.82) is 0 Å². The van der Waals surface area contributed by atoms with Crippen molar-refractivity contribution in [2.45, 2.75) is 18.8 Å². The van der Waals surface area contributed by atoms with E-state index in [9.17, 15) is 9.59 Å². The average Bonchev–Trinajstić information content (AvgIpc) is 2.42. The second-order valence-corrected chi connectivity index (χ2v) is 3.92. The van der Waals surface area contributed by atoms with Gasteiger partial charge in [0.1, 0.15) is 0 Å². The van der Waals surface area contributed by atoms with Crippen LogP contribution >= 0.6 is 0 Å². The van der Waals surface area contributed by atoms with Gasteiger partial charge in [-0.2, -0.15) is 0 Å². The SMILES string of the molecule is C=CC(=O)NC(=O)C(C=C)(CC)c1ccccc1. The molecule has 94 valence electrons. The monoisotopic (exact) mass is 243 g/mol. The van der Waals surface area contributed by atoms with E-state index in [-0.39, 0.29) is 5.91 Å². The summed E-state index contributed by atoms with van der Waals surface area (Å²) in [7, 11) is 0. The minimum absolute atomic E-state index is 0.379. The van der Waals surface area contributed by atoms with Gasteiger partial charge in [0.05, 0.1) is 5.41 Å². The van der Waals surface area contributed by atoms with Gasteiger partial charge in [0, 0.05) is 0 Å². The molecule has 0 spiro atoms. The maximum absolute atomic E-state index is 12.2. The van der Waals surface area contributed by atoms with E-state index >= 15 is 0 Å². The molecule has 0 aromatic heterocycles. The maximum atomic E-state index is 12.2. The van der Waals surface area contributed by atoms with Crippen LogP contribution in [0.1, 0.15) is 18.9 Å². The first kappa shape index (κ1) is 13.9. The van der Waals surface area contributed by atoms with E-state index < -0.39 is 11.3 Å². The molecule has 1 atom stereocenters. The highest BCUT2D eigenvalue weighted by atomic mass is 16.2. The van der Waals surface area contributed by atoms with Gasteiger partial charge < -0.3 is 0 Å². The van der Waals surface area contributed by atoms with E-state index in [0.717, 1.165) is 11.6 Å². The number of hydrogen-bond donors (Lipinski definition) is 1. The van der Waals surface area contributed by atoms with Crippen molar-refractivity contribution in [2.24, 2.45) is 0 Å². The normalized spacial score (nSPS) is 13.2. The van der Waals surface area contributed by atoms with E-state index in [0.29, 0.717) is 6.42 Å². The summed E-state index contributed by atoms with van der Waals surface area (Å²) in [5, 5.41) is 2.30. The third kappa shape index (κ3) is 2.56. The van der Waals surface area contributed by atoms with Crippen molar-refractivity contribution in [3.8, 4) is 0 Å². The summed E-state index contributed by atoms with van der Waals surface area (Å²) >= 11 is 0. The van der Waals surface area contributed by atoms with Crippen LogP contribution in [0.5, 0.6) is 0 Å². The van der Waals surface area contributed by atoms with Gasteiger partial charge in [0.15, 0.2) is 0 Å². The number of nitrogens with one attached hydrogen (secondary N) is 1. The van der Waals surface area contributed by atoms with Gasteiger partial charge in [0.25, 0.3) is 0 Å². The minimum Gasteiger partial charge on any atom is -0.292 e. The Kier molecular flexibility index (Phi) is 4.60. The molecule has 0 aliphatic carbocycles. The lowest BCUT2D eigenvalue weighted by Crippen LogP contribution is -2.44. The summed E-state index contributed by atoms with van der Waals surface area (Å²) in [4.78, 5) is 23.5. The molecule has 1 N–H and O–H groups in total. The predicted molar refractivity (Wildman–Crippen MR) is 72.0 cm³/mol. The molecule has 1 unspecified atom stereocenters. The number of amides is 2. The van der Waals surface area contributed by atoms with Gasteiger partial charge in [-0.25, -0.2) is 0 Å². The van der Waals surface area contributed by atoms with Crippen molar-refractivity contribution < 1.29 is 9.59 Å². The van der Waals surface area contributed by atoms with Gasteiger partial charge >= 0.3 is 0 Å². The fourth-order valence-electron chi connectivity index (χ4n) is 1.86. The van der Waals surface area contributed by atoms with Crippen LogP contribution in [0, 0.1) is 0 Å². The molecule has 1 aromatic rings. The van der Waals surface area contributed by atoms with Crippen LogP contribution in [-0.4, -0.2) is 11.8 Å². The maximum Gasteiger partial charge on any atom is 0.249 e. The molecule has 0 heterocycles. The standard InChI is InChI=1S/C15H17NO2/c1-4-13(17)16-14(18)15(5-2,6-3)12-10-8-7-9-11-12/h4-5,7-11H,1-2,6H2,3H3,(H,16,17,18). The van der Waals surface area contributed by atoms with Crippen molar-refractivity contribution >= 4 is 11.8 Å². The molecule has 0 fully saturated rings. The lowest BCUT2D eigenvalue weighted by atomic mass is 9.77. The van der Waals surface area contributed by atoms with Gasteiger partial charge in [-0.1, -0.05) is 49.9 Å². The van der Waals surface area contributed by atoms with Crippen molar-refractivity contribution in [1.82, 2.24) is 5.32 Å². The Hall–Kier alpha value is -2.16. The third-order valence-corrected chi connectivity index (χ3v) is 3.02. The Labute approximate surface area is 107 Å². The first-order valence-corrected chi connectivity index (χ1v) is 5.77. The van der Waals surface area contributed by atoms with Crippen LogP contribution < -0.4 is 5.32 Å². The molecule has 18 heavy (non-hydrogen) atoms. The second kappa shape index (κ2) is 5.96. The molecule has 0 saturated carbocycles. The van der Waals surface area contributed by atoms with Crippen LogP contribution in [0.15, 0.2) is 55.6 Å². The molecular weight excluding hydrogens is 226 g/mol. The number of hydrogen-bond acceptors (Lipinski definition) is 2. The number of rotatable bonds is 5. The van der Waals surface area contributed by atoms with E-state index in [1.54, 1.807) is 6.08 Å². The molecule has 0 saturated heterocycles. The predicted octanol–water partition coefficient (Wildman–Crippen LogP) is 2.35. The number of benzene rings is 1. The number of imide groups is 1. The Morgan fingerprint density at radius 2 is 1.89 bits per heavy atom. The molecule has 0 aliphatic heterocycles. The highest BCUT2D eigenvalue weighted by Gasteiger charge is 2.35. The van der Waals surface area contributed by atoms with Gasteiger partial charge in [-0.3, -0.25) is 14.9 Å². The van der Waals surface area contributed by atoms with Crippen LogP contribution in [-0.2, 0) is 15.0 Å². The molecule has 0 radical (unpaired) electrons. The Bertz CT molecular complexity index is 465. The Balaban J connectivity index is 3.15. The van der Waals surface area contributed by atoms with E-state index in [4.69, 9.17) is 0 Å². The third-order valence-electron chi connectivity index (χ3n) is 3.02. The average molecular weight is 243 g/mol. The number of carbonyl (C=O) groups excluding carboxylic acids is 2. The molecule has 1 aromatic carbocycles. The summed E-state index contributed by atoms with van der Waals surface area (Å²) in [5.74, 6) is -0.883. The first-order chi connectivity index (χ1) is 8.60. The first-order valence-electron chi connectivity index (χ1n) is 5.77. The molecule has 3 nitrogen and oxygen atoms in total. The number of carbonyl (C=O) groups is 2. The summed E-state index contributed by atoms with van der Waals surface area (Å²) in [6.07, 6.45) is 3.18. The van der Waals surface area contributed by atoms with Crippen LogP contribution in [0.4, 0.5) is 0 Å². The lowest BCUT2D eigenvalue weighted by Gasteiger charge is -2.27. The lowest BCUT2D eigenvalue weighted by molar-refractivity contribution is -0.130. The summed E-state index contributed by atoms with van der Waals surface area (Å²) in [6, 6.07) is 9.28. The van der Waals surface area contributed by atoms with E-state index in [1.165, 1.54) is 0 Å². The molecule has 2 amide bonds. The quantitative estimate of drug-likeness (QED) is 0.637. The van der Waals surface area contributed by atoms with E-state index in [1.807, 2.05) is 37.3 Å². The molecule has 1 rings (SSSR count). The summed E-state index contributed by atoms with van der Waals surface area (Å²) in [6.45, 7) is 8.95. The Morgan fingerprint density at radius 1 is 1.28 bits per heavy atom. The second-order valence-electron chi connectivity index (χ2n) is 3.92. The van der Waals surface area contributed by atoms with Crippen LogP contribution in [0.25, 0.3) is 0 Å². The van der Waals surface area contributed by atoms with Crippen LogP contribution in [0.3, 0.4) is 0 Å². The zero-order valence-corrected chi connectivity index (χ0v) is 10.5. The minimum atomic E-state index is -0.889. The van der Waals surface area contributed by atoms with Crippen molar-refractivity contribution in [2.75, 3.05) is 0 Å². The van der Waals surface area contributed by atoms with Crippen LogP contribution in [0.2, 0.25) is 0 Å². The molecular formula is C15H17NO2. The fraction of sp³-hybridized carbons (Fsp3) is 0.200.